The van der Waals surface area contributed by atoms with Crippen LogP contribution in [0.4, 0.5) is 5.69 Å². The molecular weight excluding hydrogens is 220 g/mol. The third-order valence-electron chi connectivity index (χ3n) is 2.64. The van der Waals surface area contributed by atoms with Crippen molar-refractivity contribution in [2.45, 2.75) is 0 Å². The largest absolute Gasteiger partial charge is 0.378 e. The number of hydrogen-bond donors (Lipinski definition) is 0. The summed E-state index contributed by atoms with van der Waals surface area (Å²) in [5.74, 6) is 0. The van der Waals surface area contributed by atoms with Gasteiger partial charge in [-0.15, -0.1) is 0 Å². The summed E-state index contributed by atoms with van der Waals surface area (Å²) in [7, 11) is 0. The molecule has 1 fully saturated rings. The van der Waals surface area contributed by atoms with Crippen LogP contribution in [0.1, 0.15) is 5.56 Å². The molecule has 0 aromatic heterocycles. The van der Waals surface area contributed by atoms with E-state index in [1.54, 1.807) is 24.3 Å². The Morgan fingerprint density at radius 1 is 1.29 bits per heavy atom. The first-order valence-corrected chi connectivity index (χ1v) is 5.51. The SMILES string of the molecule is O=[N+]([O-])c1ccccc1C=CN1CCOCC1. The van der Waals surface area contributed by atoms with E-state index in [1.165, 1.54) is 6.07 Å². The molecule has 1 saturated heterocycles. The number of ether oxygens (including phenoxy) is 1. The van der Waals surface area contributed by atoms with E-state index in [-0.39, 0.29) is 10.6 Å². The molecule has 0 radical (unpaired) electrons. The fourth-order valence-corrected chi connectivity index (χ4v) is 1.71. The van der Waals surface area contributed by atoms with E-state index in [0.717, 1.165) is 13.1 Å². The number of benzene rings is 1. The quantitative estimate of drug-likeness (QED) is 0.592. The lowest BCUT2D eigenvalue weighted by molar-refractivity contribution is -0.385. The van der Waals surface area contributed by atoms with Gasteiger partial charge < -0.3 is 9.64 Å². The van der Waals surface area contributed by atoms with Gasteiger partial charge in [0.05, 0.1) is 23.7 Å². The summed E-state index contributed by atoms with van der Waals surface area (Å²) >= 11 is 0. The second-order valence-corrected chi connectivity index (χ2v) is 3.78. The molecule has 0 N–H and O–H groups in total. The van der Waals surface area contributed by atoms with Crippen LogP contribution in [0, 0.1) is 10.1 Å². The van der Waals surface area contributed by atoms with Gasteiger partial charge in [0.1, 0.15) is 0 Å². The van der Waals surface area contributed by atoms with Gasteiger partial charge >= 0.3 is 0 Å². The maximum atomic E-state index is 10.8. The number of hydrogen-bond acceptors (Lipinski definition) is 4. The zero-order valence-electron chi connectivity index (χ0n) is 9.41. The van der Waals surface area contributed by atoms with Gasteiger partial charge in [-0.3, -0.25) is 10.1 Å². The third-order valence-corrected chi connectivity index (χ3v) is 2.64. The van der Waals surface area contributed by atoms with Crippen molar-refractivity contribution in [2.75, 3.05) is 26.3 Å². The van der Waals surface area contributed by atoms with Crippen molar-refractivity contribution in [1.29, 1.82) is 0 Å². The molecule has 0 atom stereocenters. The van der Waals surface area contributed by atoms with Gasteiger partial charge in [0, 0.05) is 25.4 Å². The van der Waals surface area contributed by atoms with Crippen molar-refractivity contribution < 1.29 is 9.66 Å². The van der Waals surface area contributed by atoms with E-state index in [4.69, 9.17) is 4.74 Å². The average Bonchev–Trinajstić information content (AvgIpc) is 2.38. The van der Waals surface area contributed by atoms with Crippen LogP contribution in [0.15, 0.2) is 30.5 Å². The first kappa shape index (κ1) is 11.6. The number of rotatable bonds is 3. The molecule has 0 amide bonds. The Balaban J connectivity index is 2.11. The summed E-state index contributed by atoms with van der Waals surface area (Å²) in [4.78, 5) is 12.5. The summed E-state index contributed by atoms with van der Waals surface area (Å²) in [6.45, 7) is 3.08. The molecule has 0 saturated carbocycles. The Bertz CT molecular complexity index is 426. The van der Waals surface area contributed by atoms with Crippen LogP contribution in [0.3, 0.4) is 0 Å². The number of morpholine rings is 1. The lowest BCUT2D eigenvalue weighted by Gasteiger charge is -2.24. The predicted molar refractivity (Wildman–Crippen MR) is 64.5 cm³/mol. The van der Waals surface area contributed by atoms with Crippen LogP contribution in [0.25, 0.3) is 6.08 Å². The fraction of sp³-hybridized carbons (Fsp3) is 0.333. The minimum atomic E-state index is -0.362. The van der Waals surface area contributed by atoms with E-state index in [9.17, 15) is 10.1 Å². The number of nitro groups is 1. The van der Waals surface area contributed by atoms with Crippen LogP contribution < -0.4 is 0 Å². The standard InChI is InChI=1S/C12H14N2O3/c15-14(16)12-4-2-1-3-11(12)5-6-13-7-9-17-10-8-13/h1-6H,7-10H2. The number of para-hydroxylation sites is 1. The normalized spacial score (nSPS) is 16.4. The van der Waals surface area contributed by atoms with E-state index in [0.29, 0.717) is 18.8 Å². The van der Waals surface area contributed by atoms with Gasteiger partial charge in [-0.1, -0.05) is 12.1 Å². The highest BCUT2D eigenvalue weighted by Gasteiger charge is 2.10. The average molecular weight is 234 g/mol. The number of nitro benzene ring substituents is 1. The van der Waals surface area contributed by atoms with Crippen molar-refractivity contribution in [2.24, 2.45) is 0 Å². The highest BCUT2D eigenvalue weighted by molar-refractivity contribution is 5.60. The van der Waals surface area contributed by atoms with Crippen LogP contribution in [0.2, 0.25) is 0 Å². The molecule has 5 nitrogen and oxygen atoms in total. The molecule has 2 rings (SSSR count). The molecule has 0 unspecified atom stereocenters. The molecular formula is C12H14N2O3. The fourth-order valence-electron chi connectivity index (χ4n) is 1.71. The Hall–Kier alpha value is -1.88. The maximum absolute atomic E-state index is 10.8. The molecule has 0 aliphatic carbocycles. The van der Waals surface area contributed by atoms with Crippen LogP contribution in [0.5, 0.6) is 0 Å². The summed E-state index contributed by atoms with van der Waals surface area (Å²) in [6, 6.07) is 6.73. The van der Waals surface area contributed by atoms with E-state index in [1.807, 2.05) is 6.20 Å². The molecule has 1 aromatic carbocycles. The second-order valence-electron chi connectivity index (χ2n) is 3.78. The Morgan fingerprint density at radius 3 is 2.71 bits per heavy atom. The molecule has 0 spiro atoms. The maximum Gasteiger partial charge on any atom is 0.276 e. The molecule has 17 heavy (non-hydrogen) atoms. The molecule has 5 heteroatoms. The van der Waals surface area contributed by atoms with Crippen LogP contribution >= 0.6 is 0 Å². The topological polar surface area (TPSA) is 55.6 Å². The van der Waals surface area contributed by atoms with Crippen LogP contribution in [-0.4, -0.2) is 36.1 Å². The second kappa shape index (κ2) is 5.45. The highest BCUT2D eigenvalue weighted by atomic mass is 16.6. The first-order valence-electron chi connectivity index (χ1n) is 5.51. The summed E-state index contributed by atoms with van der Waals surface area (Å²) in [5.41, 5.74) is 0.765. The molecule has 1 aliphatic heterocycles. The minimum absolute atomic E-state index is 0.136. The molecule has 0 bridgehead atoms. The van der Waals surface area contributed by atoms with Gasteiger partial charge in [-0.25, -0.2) is 0 Å². The monoisotopic (exact) mass is 234 g/mol. The molecule has 90 valence electrons. The van der Waals surface area contributed by atoms with Crippen molar-refractivity contribution >= 4 is 11.8 Å². The highest BCUT2D eigenvalue weighted by Crippen LogP contribution is 2.19. The smallest absolute Gasteiger partial charge is 0.276 e. The van der Waals surface area contributed by atoms with Crippen molar-refractivity contribution in [3.8, 4) is 0 Å². The van der Waals surface area contributed by atoms with Gasteiger partial charge in [0.2, 0.25) is 0 Å². The molecule has 1 aromatic rings. The summed E-state index contributed by atoms with van der Waals surface area (Å²) in [5, 5.41) is 10.8. The summed E-state index contributed by atoms with van der Waals surface area (Å²) in [6.07, 6.45) is 3.67. The third kappa shape index (κ3) is 3.04. The molecule has 1 aliphatic rings. The van der Waals surface area contributed by atoms with Crippen molar-refractivity contribution in [1.82, 2.24) is 4.90 Å². The van der Waals surface area contributed by atoms with Crippen molar-refractivity contribution in [3.63, 3.8) is 0 Å². The lowest BCUT2D eigenvalue weighted by Crippen LogP contribution is -2.31. The van der Waals surface area contributed by atoms with E-state index >= 15 is 0 Å². The van der Waals surface area contributed by atoms with Gasteiger partial charge in [0.15, 0.2) is 0 Å². The van der Waals surface area contributed by atoms with E-state index in [2.05, 4.69) is 4.90 Å². The zero-order chi connectivity index (χ0) is 12.1. The lowest BCUT2D eigenvalue weighted by atomic mass is 10.2. The van der Waals surface area contributed by atoms with Gasteiger partial charge in [-0.05, 0) is 12.1 Å². The van der Waals surface area contributed by atoms with Crippen molar-refractivity contribution in [3.05, 3.63) is 46.1 Å². The Labute approximate surface area is 99.5 Å². The minimum Gasteiger partial charge on any atom is -0.378 e. The molecule has 1 heterocycles. The number of nitrogens with zero attached hydrogens (tertiary/aromatic N) is 2. The Morgan fingerprint density at radius 2 is 2.00 bits per heavy atom. The van der Waals surface area contributed by atoms with Gasteiger partial charge in [0.25, 0.3) is 5.69 Å². The van der Waals surface area contributed by atoms with Crippen LogP contribution in [-0.2, 0) is 4.74 Å². The zero-order valence-corrected chi connectivity index (χ0v) is 9.41. The van der Waals surface area contributed by atoms with E-state index < -0.39 is 0 Å². The summed E-state index contributed by atoms with van der Waals surface area (Å²) < 4.78 is 5.23. The Kier molecular flexibility index (Phi) is 3.72. The predicted octanol–water partition coefficient (Wildman–Crippen LogP) is 1.90. The van der Waals surface area contributed by atoms with Gasteiger partial charge in [-0.2, -0.15) is 0 Å². The first-order chi connectivity index (χ1) is 8.27.